The molecule has 1 N–H and O–H groups in total. The number of methoxy groups -OCH3 is 1. The van der Waals surface area contributed by atoms with Crippen molar-refractivity contribution in [3.8, 4) is 11.6 Å². The summed E-state index contributed by atoms with van der Waals surface area (Å²) in [5.41, 5.74) is -1.25. The van der Waals surface area contributed by atoms with Gasteiger partial charge in [0.25, 0.3) is 0 Å². The van der Waals surface area contributed by atoms with Crippen molar-refractivity contribution in [2.45, 2.75) is 26.9 Å². The second kappa shape index (κ2) is 11.7. The summed E-state index contributed by atoms with van der Waals surface area (Å²) in [6.45, 7) is 3.08. The van der Waals surface area contributed by atoms with Crippen molar-refractivity contribution in [3.05, 3.63) is 109 Å². The average Bonchev–Trinajstić information content (AvgIpc) is 2.90. The Hall–Kier alpha value is -4.15. The van der Waals surface area contributed by atoms with Crippen molar-refractivity contribution in [2.24, 2.45) is 10.4 Å². The second-order valence-electron chi connectivity index (χ2n) is 9.23. The molecule has 202 valence electrons. The summed E-state index contributed by atoms with van der Waals surface area (Å²) in [5.74, 6) is 0.268. The third-order valence-electron chi connectivity index (χ3n) is 5.72. The number of aromatic nitrogens is 4. The van der Waals surface area contributed by atoms with Crippen LogP contribution in [0.2, 0.25) is 10.0 Å². The van der Waals surface area contributed by atoms with Crippen LogP contribution in [0.15, 0.2) is 81.4 Å². The molecule has 0 atom stereocenters. The van der Waals surface area contributed by atoms with Crippen LogP contribution in [0.3, 0.4) is 0 Å². The molecule has 0 bridgehead atoms. The first-order valence-corrected chi connectivity index (χ1v) is 12.5. The molecule has 39 heavy (non-hydrogen) atoms. The highest BCUT2D eigenvalue weighted by molar-refractivity contribution is 6.30. The van der Waals surface area contributed by atoms with Crippen LogP contribution in [-0.4, -0.2) is 32.2 Å². The zero-order valence-corrected chi connectivity index (χ0v) is 22.9. The van der Waals surface area contributed by atoms with E-state index < -0.39 is 22.8 Å². The Kier molecular flexibility index (Phi) is 8.37. The van der Waals surface area contributed by atoms with Crippen LogP contribution >= 0.6 is 23.2 Å². The first-order chi connectivity index (χ1) is 18.6. The molecular formula is C27H25Cl2N5O5. The summed E-state index contributed by atoms with van der Waals surface area (Å²) in [6.07, 6.45) is 1.53. The first-order valence-electron chi connectivity index (χ1n) is 11.8. The number of halogens is 2. The van der Waals surface area contributed by atoms with Gasteiger partial charge in [-0.2, -0.15) is 0 Å². The summed E-state index contributed by atoms with van der Waals surface area (Å²) in [5, 5.41) is 1.04. The fraction of sp³-hybridized carbons (Fsp3) is 0.222. The highest BCUT2D eigenvalue weighted by Gasteiger charge is 2.31. The Morgan fingerprint density at radius 2 is 1.69 bits per heavy atom. The molecule has 2 aromatic carbocycles. The maximum Gasteiger partial charge on any atom is 0.335 e. The molecule has 0 saturated heterocycles. The predicted octanol–water partition coefficient (Wildman–Crippen LogP) is 4.31. The fourth-order valence-electron chi connectivity index (χ4n) is 3.71. The average molecular weight is 570 g/mol. The quantitative estimate of drug-likeness (QED) is 0.315. The smallest absolute Gasteiger partial charge is 0.335 e. The van der Waals surface area contributed by atoms with E-state index in [0.717, 1.165) is 10.1 Å². The number of ether oxygens (including phenoxy) is 2. The van der Waals surface area contributed by atoms with Crippen LogP contribution in [0.5, 0.6) is 11.6 Å². The molecule has 4 rings (SSSR count). The van der Waals surface area contributed by atoms with E-state index in [1.807, 2.05) is 0 Å². The standard InChI is InChI=1S/C27H25Cl2N5O5/c1-27(2,23(35)38-3)16-34-25(36)32-24(33(26(34)37)15-17-4-6-18(28)7-5-17)31-20-8-10-21(11-9-20)39-22-14-19(29)12-13-30-22/h4-14H,15-16H2,1-3H3,(H,31,32,36). The van der Waals surface area contributed by atoms with Crippen molar-refractivity contribution in [2.75, 3.05) is 7.11 Å². The number of rotatable bonds is 8. The van der Waals surface area contributed by atoms with Gasteiger partial charge in [0.05, 0.1) is 24.8 Å². The molecule has 10 nitrogen and oxygen atoms in total. The highest BCUT2D eigenvalue weighted by Crippen LogP contribution is 2.24. The van der Waals surface area contributed by atoms with E-state index in [2.05, 4.69) is 15.0 Å². The van der Waals surface area contributed by atoms with E-state index in [9.17, 15) is 14.4 Å². The molecule has 0 aliphatic heterocycles. The number of hydrogen-bond donors (Lipinski definition) is 1. The van der Waals surface area contributed by atoms with E-state index in [1.54, 1.807) is 74.5 Å². The minimum atomic E-state index is -1.13. The Morgan fingerprint density at radius 1 is 1.00 bits per heavy atom. The highest BCUT2D eigenvalue weighted by atomic mass is 35.5. The molecule has 0 radical (unpaired) electrons. The summed E-state index contributed by atoms with van der Waals surface area (Å²) in [7, 11) is 1.25. The molecule has 2 aromatic heterocycles. The molecule has 0 aliphatic carbocycles. The number of pyridine rings is 1. The number of benzene rings is 2. The molecule has 0 spiro atoms. The van der Waals surface area contributed by atoms with Gasteiger partial charge in [0, 0.05) is 28.9 Å². The molecular weight excluding hydrogens is 545 g/mol. The number of H-pyrrole nitrogens is 1. The summed E-state index contributed by atoms with van der Waals surface area (Å²) in [4.78, 5) is 50.1. The SMILES string of the molecule is COC(=O)C(C)(C)Cn1c(=O)[nH]/c(=N\c2ccc(Oc3cc(Cl)ccn3)cc2)n(Cc2ccc(Cl)cc2)c1=O. The minimum absolute atomic E-state index is 0.0252. The van der Waals surface area contributed by atoms with Crippen LogP contribution in [0.4, 0.5) is 5.69 Å². The number of hydrogen-bond acceptors (Lipinski definition) is 7. The largest absolute Gasteiger partial charge is 0.469 e. The van der Waals surface area contributed by atoms with Crippen molar-refractivity contribution in [1.82, 2.24) is 19.1 Å². The normalized spacial score (nSPS) is 11.9. The Bertz CT molecular complexity index is 1670. The van der Waals surface area contributed by atoms with Crippen molar-refractivity contribution in [3.63, 3.8) is 0 Å². The van der Waals surface area contributed by atoms with Crippen molar-refractivity contribution >= 4 is 34.9 Å². The molecule has 0 fully saturated rings. The molecule has 4 aromatic rings. The first kappa shape index (κ1) is 27.9. The van der Waals surface area contributed by atoms with Crippen LogP contribution < -0.4 is 21.7 Å². The number of nitrogens with one attached hydrogen (secondary N) is 1. The number of aromatic amines is 1. The van der Waals surface area contributed by atoms with Gasteiger partial charge >= 0.3 is 17.3 Å². The predicted molar refractivity (Wildman–Crippen MR) is 147 cm³/mol. The molecule has 0 amide bonds. The van der Waals surface area contributed by atoms with Gasteiger partial charge in [-0.15, -0.1) is 0 Å². The van der Waals surface area contributed by atoms with Crippen LogP contribution in [0, 0.1) is 5.41 Å². The third-order valence-corrected chi connectivity index (χ3v) is 6.20. The number of carbonyl (C=O) groups is 1. The van der Waals surface area contributed by atoms with Crippen LogP contribution in [-0.2, 0) is 22.6 Å². The van der Waals surface area contributed by atoms with Crippen molar-refractivity contribution < 1.29 is 14.3 Å². The number of esters is 1. The number of nitrogens with zero attached hydrogens (tertiary/aromatic N) is 4. The monoisotopic (exact) mass is 569 g/mol. The van der Waals surface area contributed by atoms with E-state index >= 15 is 0 Å². The molecule has 12 heteroatoms. The Labute approximate surface area is 233 Å². The van der Waals surface area contributed by atoms with Crippen molar-refractivity contribution in [1.29, 1.82) is 0 Å². The van der Waals surface area contributed by atoms with Gasteiger partial charge in [-0.3, -0.25) is 14.3 Å². The Morgan fingerprint density at radius 3 is 2.33 bits per heavy atom. The van der Waals surface area contributed by atoms with E-state index in [-0.39, 0.29) is 18.7 Å². The van der Waals surface area contributed by atoms with Gasteiger partial charge in [0.1, 0.15) is 5.75 Å². The maximum atomic E-state index is 13.6. The van der Waals surface area contributed by atoms with Gasteiger partial charge in [0.2, 0.25) is 11.5 Å². The second-order valence-corrected chi connectivity index (χ2v) is 10.1. The van der Waals surface area contributed by atoms with E-state index in [0.29, 0.717) is 27.4 Å². The van der Waals surface area contributed by atoms with Gasteiger partial charge < -0.3 is 9.47 Å². The van der Waals surface area contributed by atoms with Gasteiger partial charge in [-0.1, -0.05) is 35.3 Å². The summed E-state index contributed by atoms with van der Waals surface area (Å²) in [6, 6.07) is 16.8. The number of carbonyl (C=O) groups excluding carboxylic acids is 1. The lowest BCUT2D eigenvalue weighted by Gasteiger charge is -2.22. The summed E-state index contributed by atoms with van der Waals surface area (Å²) >= 11 is 12.0. The fourth-order valence-corrected chi connectivity index (χ4v) is 3.98. The van der Waals surface area contributed by atoms with Gasteiger partial charge in [-0.25, -0.2) is 24.1 Å². The molecule has 0 saturated carbocycles. The molecule has 0 unspecified atom stereocenters. The zero-order chi connectivity index (χ0) is 28.2. The lowest BCUT2D eigenvalue weighted by atomic mass is 9.94. The van der Waals surface area contributed by atoms with Crippen LogP contribution in [0.1, 0.15) is 19.4 Å². The lowest BCUT2D eigenvalue weighted by Crippen LogP contribution is -2.52. The summed E-state index contributed by atoms with van der Waals surface area (Å²) < 4.78 is 12.8. The third kappa shape index (κ3) is 6.84. The Balaban J connectivity index is 1.76. The maximum absolute atomic E-state index is 13.6. The lowest BCUT2D eigenvalue weighted by molar-refractivity contribution is -0.151. The topological polar surface area (TPSA) is 121 Å². The minimum Gasteiger partial charge on any atom is -0.469 e. The molecule has 2 heterocycles. The van der Waals surface area contributed by atoms with E-state index in [4.69, 9.17) is 32.7 Å². The van der Waals surface area contributed by atoms with Gasteiger partial charge in [-0.05, 0) is 61.9 Å². The van der Waals surface area contributed by atoms with Crippen LogP contribution in [0.25, 0.3) is 0 Å². The van der Waals surface area contributed by atoms with E-state index in [1.165, 1.54) is 17.9 Å². The zero-order valence-electron chi connectivity index (χ0n) is 21.4. The van der Waals surface area contributed by atoms with Gasteiger partial charge in [0.15, 0.2) is 0 Å². The molecule has 0 aliphatic rings.